The summed E-state index contributed by atoms with van der Waals surface area (Å²) in [4.78, 5) is 0. The predicted octanol–water partition coefficient (Wildman–Crippen LogP) is 5.15. The Morgan fingerprint density at radius 2 is 1.17 bits per heavy atom. The van der Waals surface area contributed by atoms with Gasteiger partial charge >= 0.3 is 0 Å². The second kappa shape index (κ2) is 14.1. The molecule has 158 valence electrons. The number of benzene rings is 2. The number of hydrogen-bond acceptors (Lipinski definition) is 1. The van der Waals surface area contributed by atoms with Crippen LogP contribution in [-0.2, 0) is 17.1 Å². The van der Waals surface area contributed by atoms with E-state index in [-0.39, 0.29) is 17.1 Å². The Kier molecular flexibility index (Phi) is 12.2. The van der Waals surface area contributed by atoms with E-state index in [9.17, 15) is 0 Å². The van der Waals surface area contributed by atoms with Gasteiger partial charge in [-0.2, -0.15) is 22.5 Å². The van der Waals surface area contributed by atoms with E-state index in [1.807, 2.05) is 37.3 Å². The molecule has 0 radical (unpaired) electrons. The van der Waals surface area contributed by atoms with E-state index in [0.717, 1.165) is 6.54 Å². The number of hydrogen-bond donors (Lipinski definition) is 1. The standard InChI is InChI=1S/C19H18P.C5H5.C2H7N.Fe/c1-15-13-14-19(16(15)2)20(17-9-5-3-6-10-17)18-11-7-4-8-12-18;1-2-4-5-3-1;1-2-3;/h3-14H,1-2H3;1-5H;2-3H2,1H3;/q-1;-5;;. The summed E-state index contributed by atoms with van der Waals surface area (Å²) in [5.74, 6) is 0. The topological polar surface area (TPSA) is 26.0 Å². The van der Waals surface area contributed by atoms with Crippen molar-refractivity contribution in [2.24, 2.45) is 5.73 Å². The molecule has 2 N–H and O–H groups in total. The number of aryl methyl sites for hydroxylation is 1. The molecule has 3 heteroatoms. The maximum absolute atomic E-state index is 4.85. The van der Waals surface area contributed by atoms with Crippen LogP contribution in [0.4, 0.5) is 0 Å². The van der Waals surface area contributed by atoms with Gasteiger partial charge in [0.05, 0.1) is 0 Å². The van der Waals surface area contributed by atoms with Gasteiger partial charge in [-0.15, -0.1) is 0 Å². The van der Waals surface area contributed by atoms with Crippen molar-refractivity contribution in [3.63, 3.8) is 0 Å². The van der Waals surface area contributed by atoms with Crippen molar-refractivity contribution < 1.29 is 17.1 Å². The van der Waals surface area contributed by atoms with Crippen molar-refractivity contribution in [3.8, 4) is 0 Å². The van der Waals surface area contributed by atoms with Gasteiger partial charge < -0.3 is 36.1 Å². The Bertz CT molecular complexity index is 826. The normalized spacial score (nSPS) is 9.55. The molecule has 0 saturated carbocycles. The van der Waals surface area contributed by atoms with Crippen LogP contribution in [0.15, 0.2) is 103 Å². The van der Waals surface area contributed by atoms with Crippen LogP contribution in [0, 0.1) is 13.8 Å². The SMILES string of the molecule is CCN.Cc1c(P(c2ccccc2)c2ccccc2)cc[c-]1C.[Fe].[cH-]1[cH-][cH-][cH-][cH-]1. The molecule has 0 saturated heterocycles. The fourth-order valence-electron chi connectivity index (χ4n) is 2.80. The summed E-state index contributed by atoms with van der Waals surface area (Å²) < 4.78 is 0. The van der Waals surface area contributed by atoms with Gasteiger partial charge in [-0.3, -0.25) is 0 Å². The second-order valence-electron chi connectivity index (χ2n) is 6.40. The molecule has 0 aromatic heterocycles. The monoisotopic (exact) mass is 443 g/mol. The van der Waals surface area contributed by atoms with Crippen LogP contribution in [-0.4, -0.2) is 6.54 Å². The van der Waals surface area contributed by atoms with Crippen molar-refractivity contribution in [1.29, 1.82) is 0 Å². The quantitative estimate of drug-likeness (QED) is 0.265. The fourth-order valence-corrected chi connectivity index (χ4v) is 5.33. The average molecular weight is 443 g/mol. The maximum Gasteiger partial charge on any atom is 0 e. The van der Waals surface area contributed by atoms with Crippen LogP contribution in [0.3, 0.4) is 0 Å². The van der Waals surface area contributed by atoms with Crippen molar-refractivity contribution in [3.05, 3.63) is 114 Å². The molecule has 0 aliphatic rings. The zero-order valence-corrected chi connectivity index (χ0v) is 19.4. The third-order valence-corrected chi connectivity index (χ3v) is 6.89. The fraction of sp³-hybridized carbons (Fsp3) is 0.154. The number of rotatable bonds is 3. The van der Waals surface area contributed by atoms with Crippen molar-refractivity contribution in [2.75, 3.05) is 6.54 Å². The molecule has 4 rings (SSSR count). The molecule has 0 bridgehead atoms. The first-order valence-electron chi connectivity index (χ1n) is 9.68. The van der Waals surface area contributed by atoms with E-state index < -0.39 is 7.92 Å². The van der Waals surface area contributed by atoms with Crippen LogP contribution in [0.1, 0.15) is 18.1 Å². The Balaban J connectivity index is 0.000000396. The Labute approximate surface area is 187 Å². The molecular weight excluding hydrogens is 413 g/mol. The first-order valence-corrected chi connectivity index (χ1v) is 11.0. The smallest absolute Gasteiger partial charge is 0 e. The van der Waals surface area contributed by atoms with Crippen LogP contribution >= 0.6 is 7.92 Å². The summed E-state index contributed by atoms with van der Waals surface area (Å²) in [5, 5.41) is 4.32. The zero-order valence-electron chi connectivity index (χ0n) is 17.4. The van der Waals surface area contributed by atoms with Crippen molar-refractivity contribution in [1.82, 2.24) is 0 Å². The summed E-state index contributed by atoms with van der Waals surface area (Å²) in [6, 6.07) is 36.3. The molecule has 4 aromatic carbocycles. The Morgan fingerprint density at radius 3 is 1.48 bits per heavy atom. The Hall–Kier alpha value is -1.95. The molecule has 0 unspecified atom stereocenters. The van der Waals surface area contributed by atoms with Crippen LogP contribution < -0.4 is 21.6 Å². The number of nitrogens with two attached hydrogens (primary N) is 1. The minimum atomic E-state index is -0.446. The molecule has 0 atom stereocenters. The molecule has 4 aromatic rings. The van der Waals surface area contributed by atoms with Crippen LogP contribution in [0.25, 0.3) is 0 Å². The Morgan fingerprint density at radius 1 is 0.793 bits per heavy atom. The van der Waals surface area contributed by atoms with Gasteiger partial charge in [-0.25, -0.2) is 6.07 Å². The summed E-state index contributed by atoms with van der Waals surface area (Å²) >= 11 is 0. The average Bonchev–Trinajstić information content (AvgIpc) is 3.41. The second-order valence-corrected chi connectivity index (χ2v) is 8.59. The third kappa shape index (κ3) is 7.76. The van der Waals surface area contributed by atoms with E-state index in [4.69, 9.17) is 5.73 Å². The summed E-state index contributed by atoms with van der Waals surface area (Å²) in [6.45, 7) is 7.09. The molecule has 0 aliphatic carbocycles. The first-order chi connectivity index (χ1) is 13.7. The van der Waals surface area contributed by atoms with Crippen LogP contribution in [0.5, 0.6) is 0 Å². The zero-order chi connectivity index (χ0) is 20.2. The van der Waals surface area contributed by atoms with E-state index in [0.29, 0.717) is 0 Å². The molecule has 0 aliphatic heterocycles. The molecular formula is C26H30FeNP-6. The molecule has 0 spiro atoms. The van der Waals surface area contributed by atoms with Crippen molar-refractivity contribution >= 4 is 23.8 Å². The predicted molar refractivity (Wildman–Crippen MR) is 127 cm³/mol. The first kappa shape index (κ1) is 25.1. The van der Waals surface area contributed by atoms with Crippen molar-refractivity contribution in [2.45, 2.75) is 20.8 Å². The summed E-state index contributed by atoms with van der Waals surface area (Å²) in [6.07, 6.45) is 0. The third-order valence-electron chi connectivity index (χ3n) is 4.29. The van der Waals surface area contributed by atoms with Gasteiger partial charge in [-0.05, 0) is 17.2 Å². The van der Waals surface area contributed by atoms with E-state index in [1.165, 1.54) is 27.0 Å². The maximum atomic E-state index is 4.85. The van der Waals surface area contributed by atoms with Crippen LogP contribution in [0.2, 0.25) is 0 Å². The summed E-state index contributed by atoms with van der Waals surface area (Å²) in [5.41, 5.74) is 7.67. The van der Waals surface area contributed by atoms with E-state index >= 15 is 0 Å². The van der Waals surface area contributed by atoms with Gasteiger partial charge in [0, 0.05) is 17.1 Å². The van der Waals surface area contributed by atoms with Gasteiger partial charge in [0.1, 0.15) is 0 Å². The molecule has 0 amide bonds. The molecule has 0 heterocycles. The van der Waals surface area contributed by atoms with E-state index in [1.54, 1.807) is 0 Å². The van der Waals surface area contributed by atoms with Gasteiger partial charge in [0.25, 0.3) is 0 Å². The minimum Gasteiger partial charge on any atom is -0.748 e. The minimum absolute atomic E-state index is 0. The van der Waals surface area contributed by atoms with Gasteiger partial charge in [0.15, 0.2) is 0 Å². The largest absolute Gasteiger partial charge is 0.748 e. The van der Waals surface area contributed by atoms with Gasteiger partial charge in [-0.1, -0.05) is 89.4 Å². The van der Waals surface area contributed by atoms with Gasteiger partial charge in [0.2, 0.25) is 0 Å². The molecule has 1 nitrogen and oxygen atoms in total. The van der Waals surface area contributed by atoms with E-state index in [2.05, 4.69) is 86.6 Å². The molecule has 29 heavy (non-hydrogen) atoms. The summed E-state index contributed by atoms with van der Waals surface area (Å²) in [7, 11) is -0.446. The molecule has 0 fully saturated rings.